The summed E-state index contributed by atoms with van der Waals surface area (Å²) in [7, 11) is 0. The van der Waals surface area contributed by atoms with E-state index >= 15 is 0 Å². The number of ether oxygens (including phenoxy) is 2. The molecule has 0 spiro atoms. The zero-order chi connectivity index (χ0) is 17.9. The van der Waals surface area contributed by atoms with E-state index in [1.54, 1.807) is 0 Å². The molecule has 0 amide bonds. The van der Waals surface area contributed by atoms with Crippen LogP contribution in [0.1, 0.15) is 78.1 Å². The summed E-state index contributed by atoms with van der Waals surface area (Å²) in [6.07, 6.45) is 11.5. The van der Waals surface area contributed by atoms with E-state index < -0.39 is 0 Å². The molecule has 2 N–H and O–H groups in total. The monoisotopic (exact) mass is 376 g/mol. The summed E-state index contributed by atoms with van der Waals surface area (Å²) in [6.45, 7) is 7.59. The Kier molecular flexibility index (Phi) is 18.2. The molecular formula is C18H36N2O2S2. The molecule has 0 aliphatic rings. The van der Waals surface area contributed by atoms with Gasteiger partial charge in [0.2, 0.25) is 0 Å². The highest BCUT2D eigenvalue weighted by molar-refractivity contribution is 7.80. The molecule has 0 aromatic heterocycles. The number of thiocarbonyl (C=S) groups is 2. The van der Waals surface area contributed by atoms with Crippen molar-refractivity contribution in [2.75, 3.05) is 26.3 Å². The van der Waals surface area contributed by atoms with Gasteiger partial charge >= 0.3 is 0 Å². The molecule has 0 bridgehead atoms. The van der Waals surface area contributed by atoms with E-state index in [1.165, 1.54) is 38.5 Å². The Balaban J connectivity index is 3.24. The number of hydrogen-bond donors (Lipinski definition) is 2. The average Bonchev–Trinajstić information content (AvgIpc) is 2.58. The third-order valence-corrected chi connectivity index (χ3v) is 4.13. The highest BCUT2D eigenvalue weighted by Crippen LogP contribution is 1.99. The fourth-order valence-electron chi connectivity index (χ4n) is 2.12. The Morgan fingerprint density at radius 1 is 0.625 bits per heavy atom. The third kappa shape index (κ3) is 17.7. The Morgan fingerprint density at radius 3 is 1.42 bits per heavy atom. The Morgan fingerprint density at radius 2 is 1.04 bits per heavy atom. The zero-order valence-corrected chi connectivity index (χ0v) is 17.2. The van der Waals surface area contributed by atoms with E-state index in [1.807, 2.05) is 0 Å². The van der Waals surface area contributed by atoms with E-state index in [-0.39, 0.29) is 0 Å². The van der Waals surface area contributed by atoms with Crippen molar-refractivity contribution >= 4 is 34.8 Å². The average molecular weight is 377 g/mol. The first-order chi connectivity index (χ1) is 11.7. The molecule has 0 atom stereocenters. The Labute approximate surface area is 159 Å². The van der Waals surface area contributed by atoms with Crippen molar-refractivity contribution in [3.63, 3.8) is 0 Å². The van der Waals surface area contributed by atoms with Crippen molar-refractivity contribution in [2.24, 2.45) is 0 Å². The molecule has 6 heteroatoms. The van der Waals surface area contributed by atoms with Gasteiger partial charge in [0.25, 0.3) is 10.3 Å². The molecule has 0 aliphatic heterocycles. The lowest BCUT2D eigenvalue weighted by Crippen LogP contribution is -2.26. The Bertz CT molecular complexity index is 285. The van der Waals surface area contributed by atoms with Gasteiger partial charge in [-0.3, -0.25) is 0 Å². The summed E-state index contributed by atoms with van der Waals surface area (Å²) in [6, 6.07) is 0. The molecule has 4 nitrogen and oxygen atoms in total. The summed E-state index contributed by atoms with van der Waals surface area (Å²) in [5.74, 6) is 0. The lowest BCUT2D eigenvalue weighted by atomic mass is 10.2. The normalized spacial score (nSPS) is 10.2. The van der Waals surface area contributed by atoms with Gasteiger partial charge in [-0.05, 0) is 50.1 Å². The maximum atomic E-state index is 5.45. The summed E-state index contributed by atoms with van der Waals surface area (Å²) in [5.41, 5.74) is 0. The zero-order valence-electron chi connectivity index (χ0n) is 15.5. The van der Waals surface area contributed by atoms with Crippen molar-refractivity contribution in [3.05, 3.63) is 0 Å². The molecule has 0 saturated heterocycles. The predicted octanol–water partition coefficient (Wildman–Crippen LogP) is 4.71. The summed E-state index contributed by atoms with van der Waals surface area (Å²) < 4.78 is 10.9. The Hall–Kier alpha value is -0.620. The van der Waals surface area contributed by atoms with E-state index in [2.05, 4.69) is 24.5 Å². The molecule has 0 rings (SSSR count). The van der Waals surface area contributed by atoms with E-state index in [0.29, 0.717) is 10.3 Å². The van der Waals surface area contributed by atoms with Gasteiger partial charge in [-0.15, -0.1) is 0 Å². The molecule has 0 aromatic carbocycles. The number of unbranched alkanes of at least 4 members (excludes halogenated alkanes) is 7. The SMILES string of the molecule is CCCCCOC(=S)NCCCCCCNC(=S)OCCCCC. The maximum absolute atomic E-state index is 5.45. The molecule has 0 heterocycles. The van der Waals surface area contributed by atoms with Gasteiger partial charge in [0.1, 0.15) is 0 Å². The minimum absolute atomic E-state index is 0.540. The molecule has 0 unspecified atom stereocenters. The number of hydrogen-bond acceptors (Lipinski definition) is 4. The largest absolute Gasteiger partial charge is 0.471 e. The second kappa shape index (κ2) is 18.7. The minimum Gasteiger partial charge on any atom is -0.471 e. The van der Waals surface area contributed by atoms with Crippen LogP contribution in [-0.2, 0) is 9.47 Å². The van der Waals surface area contributed by atoms with Crippen LogP contribution in [-0.4, -0.2) is 36.7 Å². The molecule has 0 radical (unpaired) electrons. The first-order valence-electron chi connectivity index (χ1n) is 9.52. The van der Waals surface area contributed by atoms with Crippen molar-refractivity contribution in [3.8, 4) is 0 Å². The first kappa shape index (κ1) is 23.4. The second-order valence-electron chi connectivity index (χ2n) is 5.95. The van der Waals surface area contributed by atoms with Crippen molar-refractivity contribution in [1.82, 2.24) is 10.6 Å². The lowest BCUT2D eigenvalue weighted by Gasteiger charge is -2.10. The van der Waals surface area contributed by atoms with Crippen LogP contribution in [0.3, 0.4) is 0 Å². The first-order valence-corrected chi connectivity index (χ1v) is 10.3. The highest BCUT2D eigenvalue weighted by atomic mass is 32.1. The summed E-state index contributed by atoms with van der Waals surface area (Å²) in [4.78, 5) is 0. The van der Waals surface area contributed by atoms with Crippen LogP contribution >= 0.6 is 24.4 Å². The van der Waals surface area contributed by atoms with Crippen molar-refractivity contribution in [2.45, 2.75) is 78.1 Å². The van der Waals surface area contributed by atoms with Crippen molar-refractivity contribution in [1.29, 1.82) is 0 Å². The highest BCUT2D eigenvalue weighted by Gasteiger charge is 1.98. The summed E-state index contributed by atoms with van der Waals surface area (Å²) >= 11 is 10.3. The number of nitrogens with one attached hydrogen (secondary N) is 2. The molecular weight excluding hydrogens is 340 g/mol. The quantitative estimate of drug-likeness (QED) is 0.319. The van der Waals surface area contributed by atoms with Crippen LogP contribution in [0.2, 0.25) is 0 Å². The van der Waals surface area contributed by atoms with Gasteiger partial charge in [0, 0.05) is 13.1 Å². The van der Waals surface area contributed by atoms with E-state index in [4.69, 9.17) is 33.9 Å². The van der Waals surface area contributed by atoms with Crippen LogP contribution in [0.15, 0.2) is 0 Å². The molecule has 0 aliphatic carbocycles. The molecule has 0 saturated carbocycles. The van der Waals surface area contributed by atoms with Gasteiger partial charge in [-0.1, -0.05) is 52.4 Å². The molecule has 0 fully saturated rings. The van der Waals surface area contributed by atoms with Crippen LogP contribution in [0.4, 0.5) is 0 Å². The van der Waals surface area contributed by atoms with Gasteiger partial charge in [0.05, 0.1) is 13.2 Å². The molecule has 24 heavy (non-hydrogen) atoms. The standard InChI is InChI=1S/C18H36N2O2S2/c1-3-5-11-15-21-17(23)19-13-9-7-8-10-14-20-18(24)22-16-12-6-4-2/h3-16H2,1-2H3,(H,19,23)(H,20,24). The topological polar surface area (TPSA) is 42.5 Å². The predicted molar refractivity (Wildman–Crippen MR) is 111 cm³/mol. The van der Waals surface area contributed by atoms with E-state index in [0.717, 1.165) is 52.0 Å². The summed E-state index contributed by atoms with van der Waals surface area (Å²) in [5, 5.41) is 7.39. The van der Waals surface area contributed by atoms with Gasteiger partial charge < -0.3 is 20.1 Å². The maximum Gasteiger partial charge on any atom is 0.256 e. The van der Waals surface area contributed by atoms with Gasteiger partial charge in [0.15, 0.2) is 0 Å². The van der Waals surface area contributed by atoms with Crippen molar-refractivity contribution < 1.29 is 9.47 Å². The third-order valence-electron chi connectivity index (χ3n) is 3.60. The fraction of sp³-hybridized carbons (Fsp3) is 0.889. The fourth-order valence-corrected chi connectivity index (χ4v) is 2.49. The minimum atomic E-state index is 0.540. The van der Waals surface area contributed by atoms with Crippen LogP contribution in [0, 0.1) is 0 Å². The van der Waals surface area contributed by atoms with Crippen LogP contribution in [0.5, 0.6) is 0 Å². The van der Waals surface area contributed by atoms with Crippen LogP contribution in [0.25, 0.3) is 0 Å². The van der Waals surface area contributed by atoms with Gasteiger partial charge in [-0.25, -0.2) is 0 Å². The smallest absolute Gasteiger partial charge is 0.256 e. The van der Waals surface area contributed by atoms with E-state index in [9.17, 15) is 0 Å². The number of rotatable bonds is 15. The van der Waals surface area contributed by atoms with Crippen LogP contribution < -0.4 is 10.6 Å². The van der Waals surface area contributed by atoms with Gasteiger partial charge in [-0.2, -0.15) is 0 Å². The second-order valence-corrected chi connectivity index (χ2v) is 6.70. The molecule has 142 valence electrons. The molecule has 0 aromatic rings. The lowest BCUT2D eigenvalue weighted by molar-refractivity contribution is 0.287.